The predicted octanol–water partition coefficient (Wildman–Crippen LogP) is 7.68. The number of fused-ring (bicyclic) bond motifs is 6. The van der Waals surface area contributed by atoms with Gasteiger partial charge < -0.3 is 0 Å². The van der Waals surface area contributed by atoms with Gasteiger partial charge in [-0.25, -0.2) is 19.7 Å². The topological polar surface area (TPSA) is 51.8 Å². The SMILES string of the molecule is c1ccc(N(c2ccccc2)n2c3cccnc3c3nc4c5ccccc5n(-c5ccccc5)c4nc32)cc1. The van der Waals surface area contributed by atoms with E-state index in [2.05, 4.69) is 117 Å². The molecule has 0 N–H and O–H groups in total. The van der Waals surface area contributed by atoms with Crippen LogP contribution in [0.1, 0.15) is 0 Å². The standard InChI is InChI=1S/C33H22N6/c1-4-13-23(14-5-1)37-27-20-11-10-19-26(27)29-32(37)36-33-31(35-29)30-28(21-12-22-34-30)39(33)38(24-15-6-2-7-16-24)25-17-8-3-9-18-25/h1-22H. The molecule has 39 heavy (non-hydrogen) atoms. The molecule has 0 fully saturated rings. The van der Waals surface area contributed by atoms with Crippen molar-refractivity contribution in [2.75, 3.05) is 5.01 Å². The fourth-order valence-corrected chi connectivity index (χ4v) is 5.47. The quantitative estimate of drug-likeness (QED) is 0.248. The third-order valence-corrected chi connectivity index (χ3v) is 7.13. The summed E-state index contributed by atoms with van der Waals surface area (Å²) in [6.45, 7) is 0. The van der Waals surface area contributed by atoms with Gasteiger partial charge in [-0.3, -0.25) is 9.55 Å². The lowest BCUT2D eigenvalue weighted by molar-refractivity contribution is 0.872. The summed E-state index contributed by atoms with van der Waals surface area (Å²) < 4.78 is 4.34. The van der Waals surface area contributed by atoms with Crippen LogP contribution in [0.2, 0.25) is 0 Å². The summed E-state index contributed by atoms with van der Waals surface area (Å²) in [5.74, 6) is 0. The van der Waals surface area contributed by atoms with Crippen LogP contribution in [0, 0.1) is 0 Å². The van der Waals surface area contributed by atoms with Crippen LogP contribution < -0.4 is 5.01 Å². The van der Waals surface area contributed by atoms with E-state index in [4.69, 9.17) is 15.0 Å². The van der Waals surface area contributed by atoms with E-state index in [1.165, 1.54) is 0 Å². The monoisotopic (exact) mass is 502 g/mol. The van der Waals surface area contributed by atoms with Crippen LogP contribution in [0.3, 0.4) is 0 Å². The van der Waals surface area contributed by atoms with Crippen LogP contribution in [0.5, 0.6) is 0 Å². The first kappa shape index (κ1) is 21.6. The Bertz CT molecular complexity index is 2070. The smallest absolute Gasteiger partial charge is 0.183 e. The highest BCUT2D eigenvalue weighted by molar-refractivity contribution is 6.11. The van der Waals surface area contributed by atoms with Crippen molar-refractivity contribution in [3.63, 3.8) is 0 Å². The molecule has 0 amide bonds. The average Bonchev–Trinajstić information content (AvgIpc) is 3.50. The van der Waals surface area contributed by atoms with Gasteiger partial charge in [-0.2, -0.15) is 0 Å². The molecule has 4 heterocycles. The van der Waals surface area contributed by atoms with E-state index in [0.717, 1.165) is 61.3 Å². The molecule has 4 aromatic carbocycles. The molecule has 0 unspecified atom stereocenters. The number of nitrogens with zero attached hydrogens (tertiary/aromatic N) is 6. The zero-order valence-corrected chi connectivity index (χ0v) is 20.9. The first-order valence-corrected chi connectivity index (χ1v) is 12.9. The highest BCUT2D eigenvalue weighted by atomic mass is 15.6. The van der Waals surface area contributed by atoms with Crippen molar-refractivity contribution in [2.45, 2.75) is 0 Å². The Balaban J connectivity index is 1.55. The number of aromatic nitrogens is 5. The van der Waals surface area contributed by atoms with Crippen molar-refractivity contribution in [3.05, 3.63) is 134 Å². The molecule has 8 aromatic rings. The van der Waals surface area contributed by atoms with Gasteiger partial charge in [-0.1, -0.05) is 72.8 Å². The number of hydrogen-bond acceptors (Lipinski definition) is 4. The summed E-state index contributed by atoms with van der Waals surface area (Å²) >= 11 is 0. The van der Waals surface area contributed by atoms with Gasteiger partial charge in [0.15, 0.2) is 11.3 Å². The van der Waals surface area contributed by atoms with Crippen molar-refractivity contribution >= 4 is 55.6 Å². The lowest BCUT2D eigenvalue weighted by Gasteiger charge is -2.27. The Morgan fingerprint density at radius 2 is 1.10 bits per heavy atom. The van der Waals surface area contributed by atoms with Crippen LogP contribution in [-0.2, 0) is 0 Å². The fourth-order valence-electron chi connectivity index (χ4n) is 5.47. The second kappa shape index (κ2) is 8.53. The molecule has 8 rings (SSSR count). The van der Waals surface area contributed by atoms with Gasteiger partial charge in [0.1, 0.15) is 16.6 Å². The normalized spacial score (nSPS) is 11.6. The highest BCUT2D eigenvalue weighted by Crippen LogP contribution is 2.36. The largest absolute Gasteiger partial charge is 0.292 e. The number of hydrogen-bond donors (Lipinski definition) is 0. The molecular weight excluding hydrogens is 480 g/mol. The molecule has 0 spiro atoms. The number of para-hydroxylation sites is 4. The minimum Gasteiger partial charge on any atom is -0.292 e. The van der Waals surface area contributed by atoms with Crippen molar-refractivity contribution in [1.29, 1.82) is 0 Å². The van der Waals surface area contributed by atoms with E-state index in [1.807, 2.05) is 30.5 Å². The Morgan fingerprint density at radius 3 is 1.82 bits per heavy atom. The van der Waals surface area contributed by atoms with Crippen LogP contribution in [-0.4, -0.2) is 24.2 Å². The lowest BCUT2D eigenvalue weighted by Crippen LogP contribution is -2.24. The van der Waals surface area contributed by atoms with Gasteiger partial charge in [-0.15, -0.1) is 0 Å². The summed E-state index contributed by atoms with van der Waals surface area (Å²) in [5, 5.41) is 3.24. The van der Waals surface area contributed by atoms with E-state index in [0.29, 0.717) is 0 Å². The Labute approximate surface area is 224 Å². The predicted molar refractivity (Wildman–Crippen MR) is 158 cm³/mol. The van der Waals surface area contributed by atoms with Crippen LogP contribution in [0.4, 0.5) is 11.4 Å². The maximum atomic E-state index is 5.38. The summed E-state index contributed by atoms with van der Waals surface area (Å²) in [4.78, 5) is 15.5. The third-order valence-electron chi connectivity index (χ3n) is 7.13. The minimum absolute atomic E-state index is 0.740. The molecule has 0 radical (unpaired) electrons. The van der Waals surface area contributed by atoms with E-state index in [-0.39, 0.29) is 0 Å². The van der Waals surface area contributed by atoms with Gasteiger partial charge in [0.2, 0.25) is 0 Å². The first-order chi connectivity index (χ1) is 19.4. The van der Waals surface area contributed by atoms with Gasteiger partial charge in [0, 0.05) is 17.3 Å². The number of benzene rings is 4. The maximum absolute atomic E-state index is 5.38. The van der Waals surface area contributed by atoms with Crippen molar-refractivity contribution < 1.29 is 0 Å². The van der Waals surface area contributed by atoms with E-state index in [1.54, 1.807) is 0 Å². The van der Waals surface area contributed by atoms with Crippen LogP contribution in [0.15, 0.2) is 134 Å². The summed E-state index contributed by atoms with van der Waals surface area (Å²) in [5.41, 5.74) is 9.05. The molecule has 184 valence electrons. The van der Waals surface area contributed by atoms with Crippen molar-refractivity contribution in [1.82, 2.24) is 24.2 Å². The molecule has 0 atom stereocenters. The Hall–Kier alpha value is -5.49. The lowest BCUT2D eigenvalue weighted by atomic mass is 10.2. The van der Waals surface area contributed by atoms with E-state index in [9.17, 15) is 0 Å². The first-order valence-electron chi connectivity index (χ1n) is 12.9. The molecule has 0 aliphatic carbocycles. The van der Waals surface area contributed by atoms with Crippen molar-refractivity contribution in [2.24, 2.45) is 0 Å². The summed E-state index contributed by atoms with van der Waals surface area (Å²) in [6.07, 6.45) is 1.82. The summed E-state index contributed by atoms with van der Waals surface area (Å²) in [6, 6.07) is 43.4. The van der Waals surface area contributed by atoms with Crippen LogP contribution in [0.25, 0.3) is 50.0 Å². The second-order valence-corrected chi connectivity index (χ2v) is 9.42. The maximum Gasteiger partial charge on any atom is 0.183 e. The fraction of sp³-hybridized carbons (Fsp3) is 0. The highest BCUT2D eigenvalue weighted by Gasteiger charge is 2.24. The molecule has 6 heteroatoms. The zero-order chi connectivity index (χ0) is 25.8. The van der Waals surface area contributed by atoms with E-state index < -0.39 is 0 Å². The van der Waals surface area contributed by atoms with Gasteiger partial charge >= 0.3 is 0 Å². The average molecular weight is 503 g/mol. The molecular formula is C33H22N6. The molecule has 0 saturated heterocycles. The molecule has 0 bridgehead atoms. The second-order valence-electron chi connectivity index (χ2n) is 9.42. The van der Waals surface area contributed by atoms with Gasteiger partial charge in [0.05, 0.1) is 22.4 Å². The Morgan fingerprint density at radius 1 is 0.487 bits per heavy atom. The molecule has 0 saturated carbocycles. The number of rotatable bonds is 4. The van der Waals surface area contributed by atoms with Gasteiger partial charge in [0.25, 0.3) is 0 Å². The third kappa shape index (κ3) is 3.25. The molecule has 4 aromatic heterocycles. The summed E-state index contributed by atoms with van der Waals surface area (Å²) in [7, 11) is 0. The van der Waals surface area contributed by atoms with E-state index >= 15 is 0 Å². The number of pyridine rings is 1. The molecule has 6 nitrogen and oxygen atoms in total. The Kier molecular flexibility index (Phi) is 4.72. The van der Waals surface area contributed by atoms with Gasteiger partial charge in [-0.05, 0) is 54.6 Å². The molecule has 0 aliphatic heterocycles. The molecule has 0 aliphatic rings. The number of anilines is 2. The zero-order valence-electron chi connectivity index (χ0n) is 20.9. The van der Waals surface area contributed by atoms with Crippen molar-refractivity contribution in [3.8, 4) is 5.69 Å². The minimum atomic E-state index is 0.740. The van der Waals surface area contributed by atoms with Crippen LogP contribution >= 0.6 is 0 Å².